The molecule has 2 N–H and O–H groups in total. The molecule has 0 aromatic carbocycles. The quantitative estimate of drug-likeness (QED) is 0.912. The molecular weight excluding hydrogens is 256 g/mol. The number of thiazole rings is 1. The van der Waals surface area contributed by atoms with Gasteiger partial charge in [0.25, 0.3) is 0 Å². The number of aromatic nitrogens is 2. The van der Waals surface area contributed by atoms with Crippen LogP contribution in [-0.2, 0) is 13.1 Å². The van der Waals surface area contributed by atoms with Gasteiger partial charge >= 0.3 is 0 Å². The van der Waals surface area contributed by atoms with Gasteiger partial charge in [0, 0.05) is 24.7 Å². The fourth-order valence-corrected chi connectivity index (χ4v) is 2.97. The topological polar surface area (TPSA) is 55.0 Å². The first-order valence-corrected chi connectivity index (χ1v) is 7.24. The molecule has 2 heterocycles. The maximum atomic E-state index is 5.79. The lowest BCUT2D eigenvalue weighted by atomic mass is 10.1. The normalized spacial score (nSPS) is 11.0. The van der Waals surface area contributed by atoms with Crippen LogP contribution in [0.15, 0.2) is 24.4 Å². The Morgan fingerprint density at radius 1 is 1.37 bits per heavy atom. The lowest BCUT2D eigenvalue weighted by molar-refractivity contribution is 0.802. The number of hydrogen-bond donors (Lipinski definition) is 1. The van der Waals surface area contributed by atoms with Crippen LogP contribution in [0.25, 0.3) is 0 Å². The van der Waals surface area contributed by atoms with Gasteiger partial charge in [0.15, 0.2) is 5.13 Å². The molecule has 102 valence electrons. The van der Waals surface area contributed by atoms with E-state index >= 15 is 0 Å². The summed E-state index contributed by atoms with van der Waals surface area (Å²) in [6, 6.07) is 5.95. The summed E-state index contributed by atoms with van der Waals surface area (Å²) in [6.45, 7) is 5.62. The second-order valence-electron chi connectivity index (χ2n) is 4.84. The lowest BCUT2D eigenvalue weighted by Crippen LogP contribution is -2.16. The molecule has 0 saturated heterocycles. The minimum Gasteiger partial charge on any atom is -0.345 e. The van der Waals surface area contributed by atoms with Gasteiger partial charge in [-0.05, 0) is 18.1 Å². The summed E-state index contributed by atoms with van der Waals surface area (Å²) in [5.74, 6) is 0.409. The maximum absolute atomic E-state index is 5.79. The molecule has 0 unspecified atom stereocenters. The van der Waals surface area contributed by atoms with E-state index in [1.165, 1.54) is 4.88 Å². The summed E-state index contributed by atoms with van der Waals surface area (Å²) >= 11 is 1.68. The Labute approximate surface area is 118 Å². The minimum atomic E-state index is 0.409. The van der Waals surface area contributed by atoms with Gasteiger partial charge in [-0.15, -0.1) is 11.3 Å². The molecule has 0 aliphatic rings. The van der Waals surface area contributed by atoms with Crippen molar-refractivity contribution in [1.29, 1.82) is 0 Å². The molecule has 2 aromatic rings. The summed E-state index contributed by atoms with van der Waals surface area (Å²) in [4.78, 5) is 12.4. The fraction of sp³-hybridized carbons (Fsp3) is 0.429. The second-order valence-corrected chi connectivity index (χ2v) is 5.90. The van der Waals surface area contributed by atoms with E-state index in [9.17, 15) is 0 Å². The van der Waals surface area contributed by atoms with Crippen molar-refractivity contribution >= 4 is 16.5 Å². The van der Waals surface area contributed by atoms with Gasteiger partial charge in [0.05, 0.1) is 17.9 Å². The third kappa shape index (κ3) is 3.30. The fourth-order valence-electron chi connectivity index (χ4n) is 1.91. The molecule has 0 aliphatic heterocycles. The molecule has 0 radical (unpaired) electrons. The van der Waals surface area contributed by atoms with Crippen LogP contribution in [0.3, 0.4) is 0 Å². The van der Waals surface area contributed by atoms with Gasteiger partial charge in [-0.1, -0.05) is 19.9 Å². The standard InChI is InChI=1S/C14H20N4S/c1-10(2)13-12(8-15)19-14(17-13)18(3)9-11-6-4-5-7-16-11/h4-7,10H,8-9,15H2,1-3H3. The molecule has 2 rings (SSSR count). The molecule has 0 spiro atoms. The maximum Gasteiger partial charge on any atom is 0.185 e. The third-order valence-corrected chi connectivity index (χ3v) is 4.11. The van der Waals surface area contributed by atoms with Crippen LogP contribution in [0, 0.1) is 0 Å². The van der Waals surface area contributed by atoms with Crippen molar-refractivity contribution in [2.45, 2.75) is 32.9 Å². The number of nitrogens with zero attached hydrogens (tertiary/aromatic N) is 3. The molecule has 5 heteroatoms. The number of rotatable bonds is 5. The minimum absolute atomic E-state index is 0.409. The molecule has 0 bridgehead atoms. The molecule has 0 atom stereocenters. The van der Waals surface area contributed by atoms with Crippen molar-refractivity contribution in [3.63, 3.8) is 0 Å². The highest BCUT2D eigenvalue weighted by molar-refractivity contribution is 7.15. The Kier molecular flexibility index (Phi) is 4.50. The molecule has 19 heavy (non-hydrogen) atoms. The van der Waals surface area contributed by atoms with E-state index in [1.807, 2.05) is 31.4 Å². The van der Waals surface area contributed by atoms with E-state index in [0.29, 0.717) is 12.5 Å². The summed E-state index contributed by atoms with van der Waals surface area (Å²) in [5.41, 5.74) is 7.96. The largest absolute Gasteiger partial charge is 0.345 e. The van der Waals surface area contributed by atoms with Crippen LogP contribution >= 0.6 is 11.3 Å². The monoisotopic (exact) mass is 276 g/mol. The van der Waals surface area contributed by atoms with Crippen molar-refractivity contribution in [3.05, 3.63) is 40.7 Å². The average molecular weight is 276 g/mol. The first-order valence-electron chi connectivity index (χ1n) is 6.42. The summed E-state index contributed by atoms with van der Waals surface area (Å²) in [5, 5.41) is 1.01. The van der Waals surface area contributed by atoms with Crippen molar-refractivity contribution < 1.29 is 0 Å². The zero-order chi connectivity index (χ0) is 13.8. The van der Waals surface area contributed by atoms with Crippen LogP contribution in [0.5, 0.6) is 0 Å². The van der Waals surface area contributed by atoms with Gasteiger partial charge in [-0.2, -0.15) is 0 Å². The Hall–Kier alpha value is -1.46. The van der Waals surface area contributed by atoms with Crippen LogP contribution in [0.1, 0.15) is 36.0 Å². The van der Waals surface area contributed by atoms with E-state index in [0.717, 1.165) is 23.1 Å². The number of anilines is 1. The van der Waals surface area contributed by atoms with Gasteiger partial charge in [0.2, 0.25) is 0 Å². The van der Waals surface area contributed by atoms with Gasteiger partial charge < -0.3 is 10.6 Å². The summed E-state index contributed by atoms with van der Waals surface area (Å²) < 4.78 is 0. The average Bonchev–Trinajstić information content (AvgIpc) is 2.84. The first-order chi connectivity index (χ1) is 9.11. The van der Waals surface area contributed by atoms with E-state index in [1.54, 1.807) is 11.3 Å². The molecule has 0 aliphatic carbocycles. The molecule has 2 aromatic heterocycles. The Bertz CT molecular complexity index is 521. The number of pyridine rings is 1. The molecule has 0 fully saturated rings. The van der Waals surface area contributed by atoms with Crippen LogP contribution in [-0.4, -0.2) is 17.0 Å². The lowest BCUT2D eigenvalue weighted by Gasteiger charge is -2.14. The Balaban J connectivity index is 2.17. The van der Waals surface area contributed by atoms with Crippen LogP contribution in [0.4, 0.5) is 5.13 Å². The highest BCUT2D eigenvalue weighted by Crippen LogP contribution is 2.30. The van der Waals surface area contributed by atoms with Gasteiger partial charge in [-0.25, -0.2) is 4.98 Å². The molecule has 0 saturated carbocycles. The first kappa shape index (κ1) is 14.0. The van der Waals surface area contributed by atoms with Crippen molar-refractivity contribution in [2.75, 3.05) is 11.9 Å². The Morgan fingerprint density at radius 3 is 2.68 bits per heavy atom. The number of nitrogens with two attached hydrogens (primary N) is 1. The highest BCUT2D eigenvalue weighted by Gasteiger charge is 2.15. The predicted molar refractivity (Wildman–Crippen MR) is 80.4 cm³/mol. The van der Waals surface area contributed by atoms with Crippen molar-refractivity contribution in [1.82, 2.24) is 9.97 Å². The van der Waals surface area contributed by atoms with Crippen LogP contribution in [0.2, 0.25) is 0 Å². The summed E-state index contributed by atoms with van der Waals surface area (Å²) in [7, 11) is 2.04. The number of hydrogen-bond acceptors (Lipinski definition) is 5. The molecule has 4 nitrogen and oxygen atoms in total. The zero-order valence-electron chi connectivity index (χ0n) is 11.6. The molecule has 0 amide bonds. The van der Waals surface area contributed by atoms with Crippen molar-refractivity contribution in [2.24, 2.45) is 5.73 Å². The van der Waals surface area contributed by atoms with E-state index < -0.39 is 0 Å². The van der Waals surface area contributed by atoms with Crippen LogP contribution < -0.4 is 10.6 Å². The van der Waals surface area contributed by atoms with Gasteiger partial charge in [-0.3, -0.25) is 4.98 Å². The van der Waals surface area contributed by atoms with Crippen molar-refractivity contribution in [3.8, 4) is 0 Å². The predicted octanol–water partition coefficient (Wildman–Crippen LogP) is 2.76. The van der Waals surface area contributed by atoms with E-state index in [4.69, 9.17) is 10.7 Å². The summed E-state index contributed by atoms with van der Waals surface area (Å²) in [6.07, 6.45) is 1.82. The Morgan fingerprint density at radius 2 is 2.16 bits per heavy atom. The van der Waals surface area contributed by atoms with E-state index in [2.05, 4.69) is 23.7 Å². The molecular formula is C14H20N4S. The van der Waals surface area contributed by atoms with Gasteiger partial charge in [0.1, 0.15) is 0 Å². The SMILES string of the molecule is CC(C)c1nc(N(C)Cc2ccccn2)sc1CN. The smallest absolute Gasteiger partial charge is 0.185 e. The zero-order valence-corrected chi connectivity index (χ0v) is 12.4. The second kappa shape index (κ2) is 6.12. The highest BCUT2D eigenvalue weighted by atomic mass is 32.1. The third-order valence-electron chi connectivity index (χ3n) is 2.90. The van der Waals surface area contributed by atoms with E-state index in [-0.39, 0.29) is 0 Å².